The molecule has 0 radical (unpaired) electrons. The van der Waals surface area contributed by atoms with Gasteiger partial charge in [0, 0.05) is 12.4 Å². The molecule has 1 aromatic heterocycles. The predicted molar refractivity (Wildman–Crippen MR) is 72.4 cm³/mol. The minimum atomic E-state index is -0.790. The van der Waals surface area contributed by atoms with E-state index in [-0.39, 0.29) is 30.7 Å². The van der Waals surface area contributed by atoms with E-state index in [2.05, 4.69) is 15.3 Å². The number of hydrogen-bond acceptors (Lipinski definition) is 3. The highest BCUT2D eigenvalue weighted by atomic mass is 35.5. The molecule has 1 heterocycles. The van der Waals surface area contributed by atoms with Crippen LogP contribution in [0.15, 0.2) is 12.4 Å². The number of halogens is 2. The number of aromatic nitrogens is 2. The second-order valence-electron chi connectivity index (χ2n) is 3.89. The molecule has 1 atom stereocenters. The number of rotatable bonds is 5. The lowest BCUT2D eigenvalue weighted by atomic mass is 9.97. The number of nitrogens with one attached hydrogen (secondary N) is 2. The third kappa shape index (κ3) is 5.91. The monoisotopic (exact) mass is 282 g/mol. The highest BCUT2D eigenvalue weighted by molar-refractivity contribution is 5.86. The van der Waals surface area contributed by atoms with Crippen molar-refractivity contribution in [1.29, 1.82) is 0 Å². The van der Waals surface area contributed by atoms with Crippen LogP contribution in [0.2, 0.25) is 0 Å². The molecule has 0 saturated heterocycles. The van der Waals surface area contributed by atoms with Crippen LogP contribution >= 0.6 is 24.8 Å². The third-order valence-electron chi connectivity index (χ3n) is 2.26. The predicted octanol–water partition coefficient (Wildman–Crippen LogP) is 1.39. The fourth-order valence-electron chi connectivity index (χ4n) is 1.39. The van der Waals surface area contributed by atoms with Gasteiger partial charge in [0.2, 0.25) is 5.91 Å². The molecule has 0 saturated carbocycles. The number of carbonyl (C=O) groups excluding carboxylic acids is 1. The van der Waals surface area contributed by atoms with Crippen molar-refractivity contribution in [2.75, 3.05) is 0 Å². The number of nitrogens with zero attached hydrogens (tertiary/aromatic N) is 1. The van der Waals surface area contributed by atoms with Gasteiger partial charge in [-0.3, -0.25) is 4.79 Å². The first-order chi connectivity index (χ1) is 7.06. The van der Waals surface area contributed by atoms with Crippen molar-refractivity contribution in [2.24, 2.45) is 5.73 Å². The molecule has 1 unspecified atom stereocenters. The highest BCUT2D eigenvalue weighted by Crippen LogP contribution is 2.08. The summed E-state index contributed by atoms with van der Waals surface area (Å²) in [6.07, 6.45) is 4.93. The van der Waals surface area contributed by atoms with Gasteiger partial charge in [0.1, 0.15) is 5.82 Å². The van der Waals surface area contributed by atoms with E-state index in [1.54, 1.807) is 19.3 Å². The summed E-state index contributed by atoms with van der Waals surface area (Å²) >= 11 is 0. The Labute approximate surface area is 114 Å². The van der Waals surface area contributed by atoms with E-state index in [0.717, 1.165) is 12.2 Å². The van der Waals surface area contributed by atoms with Crippen LogP contribution < -0.4 is 11.1 Å². The maximum absolute atomic E-state index is 11.7. The van der Waals surface area contributed by atoms with Crippen molar-refractivity contribution in [3.05, 3.63) is 18.2 Å². The largest absolute Gasteiger partial charge is 0.347 e. The Kier molecular flexibility index (Phi) is 9.11. The van der Waals surface area contributed by atoms with E-state index in [1.165, 1.54) is 0 Å². The molecule has 4 N–H and O–H groups in total. The fourth-order valence-corrected chi connectivity index (χ4v) is 1.39. The topological polar surface area (TPSA) is 83.8 Å². The molecule has 0 spiro atoms. The van der Waals surface area contributed by atoms with E-state index in [4.69, 9.17) is 5.73 Å². The summed E-state index contributed by atoms with van der Waals surface area (Å²) in [4.78, 5) is 18.6. The number of H-pyrrole nitrogens is 1. The SMILES string of the molecule is CCCC(C)(N)C(=O)NCc1ncc[nH]1.Cl.Cl. The lowest BCUT2D eigenvalue weighted by Crippen LogP contribution is -2.51. The van der Waals surface area contributed by atoms with E-state index < -0.39 is 5.54 Å². The van der Waals surface area contributed by atoms with Crippen LogP contribution in [0.25, 0.3) is 0 Å². The van der Waals surface area contributed by atoms with E-state index in [0.29, 0.717) is 13.0 Å². The summed E-state index contributed by atoms with van der Waals surface area (Å²) in [5, 5.41) is 2.75. The van der Waals surface area contributed by atoms with Gasteiger partial charge < -0.3 is 16.0 Å². The molecule has 7 heteroatoms. The standard InChI is InChI=1S/C10H18N4O.2ClH/c1-3-4-10(2,11)9(15)14-7-8-12-5-6-13-8;;/h5-6H,3-4,7,11H2,1-2H3,(H,12,13)(H,14,15);2*1H. The first-order valence-electron chi connectivity index (χ1n) is 5.11. The first-order valence-corrected chi connectivity index (χ1v) is 5.11. The van der Waals surface area contributed by atoms with E-state index in [9.17, 15) is 4.79 Å². The van der Waals surface area contributed by atoms with Gasteiger partial charge in [0.25, 0.3) is 0 Å². The highest BCUT2D eigenvalue weighted by Gasteiger charge is 2.26. The lowest BCUT2D eigenvalue weighted by molar-refractivity contribution is -0.126. The number of imidazole rings is 1. The van der Waals surface area contributed by atoms with Crippen molar-refractivity contribution >= 4 is 30.7 Å². The summed E-state index contributed by atoms with van der Waals surface area (Å²) in [6, 6.07) is 0. The van der Waals surface area contributed by atoms with Crippen LogP contribution in [0, 0.1) is 0 Å². The lowest BCUT2D eigenvalue weighted by Gasteiger charge is -2.22. The van der Waals surface area contributed by atoms with E-state index >= 15 is 0 Å². The average molecular weight is 283 g/mol. The Morgan fingerprint density at radius 2 is 2.24 bits per heavy atom. The second-order valence-corrected chi connectivity index (χ2v) is 3.89. The van der Waals surface area contributed by atoms with Crippen LogP contribution in [-0.4, -0.2) is 21.4 Å². The summed E-state index contributed by atoms with van der Waals surface area (Å²) < 4.78 is 0. The molecule has 17 heavy (non-hydrogen) atoms. The average Bonchev–Trinajstić information content (AvgIpc) is 2.66. The molecule has 1 aromatic rings. The Balaban J connectivity index is 0. The Morgan fingerprint density at radius 1 is 1.59 bits per heavy atom. The number of carbonyl (C=O) groups is 1. The second kappa shape index (κ2) is 8.33. The zero-order valence-corrected chi connectivity index (χ0v) is 11.7. The van der Waals surface area contributed by atoms with Crippen molar-refractivity contribution in [3.63, 3.8) is 0 Å². The van der Waals surface area contributed by atoms with Crippen molar-refractivity contribution in [2.45, 2.75) is 38.8 Å². The normalized spacial score (nSPS) is 12.9. The Hall–Kier alpha value is -0.780. The zero-order chi connectivity index (χ0) is 11.3. The van der Waals surface area contributed by atoms with Gasteiger partial charge in [0.15, 0.2) is 0 Å². The molecule has 0 aromatic carbocycles. The number of nitrogens with two attached hydrogens (primary N) is 1. The first kappa shape index (κ1) is 18.6. The van der Waals surface area contributed by atoms with Gasteiger partial charge in [-0.05, 0) is 13.3 Å². The van der Waals surface area contributed by atoms with Crippen LogP contribution in [0.4, 0.5) is 0 Å². The fraction of sp³-hybridized carbons (Fsp3) is 0.600. The maximum Gasteiger partial charge on any atom is 0.240 e. The van der Waals surface area contributed by atoms with Gasteiger partial charge in [-0.25, -0.2) is 4.98 Å². The molecule has 0 fully saturated rings. The third-order valence-corrected chi connectivity index (χ3v) is 2.26. The van der Waals surface area contributed by atoms with Crippen LogP contribution in [0.1, 0.15) is 32.5 Å². The van der Waals surface area contributed by atoms with Crippen molar-refractivity contribution < 1.29 is 4.79 Å². The van der Waals surface area contributed by atoms with Crippen molar-refractivity contribution in [3.8, 4) is 0 Å². The van der Waals surface area contributed by atoms with Gasteiger partial charge >= 0.3 is 0 Å². The quantitative estimate of drug-likeness (QED) is 0.763. The summed E-state index contributed by atoms with van der Waals surface area (Å²) in [5.41, 5.74) is 5.08. The molecule has 0 aliphatic heterocycles. The van der Waals surface area contributed by atoms with Gasteiger partial charge in [-0.2, -0.15) is 0 Å². The van der Waals surface area contributed by atoms with Gasteiger partial charge in [-0.15, -0.1) is 24.8 Å². The summed E-state index contributed by atoms with van der Waals surface area (Å²) in [5.74, 6) is 0.594. The van der Waals surface area contributed by atoms with Gasteiger partial charge in [0.05, 0.1) is 12.1 Å². The van der Waals surface area contributed by atoms with Crippen LogP contribution in [0.3, 0.4) is 0 Å². The zero-order valence-electron chi connectivity index (χ0n) is 10.0. The van der Waals surface area contributed by atoms with Gasteiger partial charge in [-0.1, -0.05) is 13.3 Å². The maximum atomic E-state index is 11.7. The molecule has 0 bridgehead atoms. The smallest absolute Gasteiger partial charge is 0.240 e. The van der Waals surface area contributed by atoms with E-state index in [1.807, 2.05) is 6.92 Å². The van der Waals surface area contributed by atoms with Crippen LogP contribution in [-0.2, 0) is 11.3 Å². The van der Waals surface area contributed by atoms with Crippen molar-refractivity contribution in [1.82, 2.24) is 15.3 Å². The molecular weight excluding hydrogens is 263 g/mol. The Bertz CT molecular complexity index is 314. The number of amides is 1. The molecule has 0 aliphatic carbocycles. The number of aromatic amines is 1. The number of hydrogen-bond donors (Lipinski definition) is 3. The minimum absolute atomic E-state index is 0. The summed E-state index contributed by atoms with van der Waals surface area (Å²) in [7, 11) is 0. The Morgan fingerprint density at radius 3 is 2.71 bits per heavy atom. The molecule has 1 rings (SSSR count). The summed E-state index contributed by atoms with van der Waals surface area (Å²) in [6.45, 7) is 4.14. The molecule has 1 amide bonds. The molecule has 5 nitrogen and oxygen atoms in total. The van der Waals surface area contributed by atoms with Crippen LogP contribution in [0.5, 0.6) is 0 Å². The molecule has 0 aliphatic rings. The minimum Gasteiger partial charge on any atom is -0.347 e. The molecule has 100 valence electrons. The molecular formula is C10H20Cl2N4O.